The highest BCUT2D eigenvalue weighted by Crippen LogP contribution is 2.45. The zero-order valence-corrected chi connectivity index (χ0v) is 16.1. The number of aromatic nitrogens is 2. The van der Waals surface area contributed by atoms with Crippen molar-refractivity contribution in [2.45, 2.75) is 25.1 Å². The van der Waals surface area contributed by atoms with E-state index in [2.05, 4.69) is 15.3 Å². The van der Waals surface area contributed by atoms with E-state index in [9.17, 15) is 18.3 Å². The largest absolute Gasteiger partial charge is 0.416 e. The summed E-state index contributed by atoms with van der Waals surface area (Å²) in [6, 6.07) is 4.30. The Hall–Kier alpha value is -2.46. The number of benzene rings is 1. The fourth-order valence-corrected chi connectivity index (χ4v) is 3.55. The van der Waals surface area contributed by atoms with Crippen molar-refractivity contribution in [1.82, 2.24) is 9.97 Å². The average molecular weight is 426 g/mol. The molecule has 0 amide bonds. The van der Waals surface area contributed by atoms with E-state index in [1.807, 2.05) is 0 Å². The summed E-state index contributed by atoms with van der Waals surface area (Å²) in [5, 5.41) is 12.4. The van der Waals surface area contributed by atoms with Crippen molar-refractivity contribution in [2.75, 3.05) is 43.1 Å². The summed E-state index contributed by atoms with van der Waals surface area (Å²) in [5.74, 6) is -0.531. The predicted molar refractivity (Wildman–Crippen MR) is 102 cm³/mol. The van der Waals surface area contributed by atoms with E-state index in [0.717, 1.165) is 25.0 Å². The van der Waals surface area contributed by atoms with Crippen LogP contribution in [0.5, 0.6) is 0 Å². The number of nitrogens with zero attached hydrogens (tertiary/aromatic N) is 3. The number of ether oxygens (including phenoxy) is 1. The number of morpholine rings is 1. The lowest BCUT2D eigenvalue weighted by Gasteiger charge is -2.37. The molecule has 1 aliphatic heterocycles. The Kier molecular flexibility index (Phi) is 5.54. The topological polar surface area (TPSA) is 70.5 Å². The van der Waals surface area contributed by atoms with Gasteiger partial charge in [0, 0.05) is 18.5 Å². The van der Waals surface area contributed by atoms with Crippen LogP contribution in [0.15, 0.2) is 30.6 Å². The Labute approximate surface area is 170 Å². The zero-order chi connectivity index (χ0) is 21.4. The lowest BCUT2D eigenvalue weighted by atomic mass is 10.0. The molecule has 1 saturated carbocycles. The molecule has 0 spiro atoms. The van der Waals surface area contributed by atoms with E-state index in [0.29, 0.717) is 25.3 Å². The third-order valence-corrected chi connectivity index (χ3v) is 5.72. The summed E-state index contributed by atoms with van der Waals surface area (Å²) in [7, 11) is 0. The lowest BCUT2D eigenvalue weighted by molar-refractivity contribution is -0.137. The van der Waals surface area contributed by atoms with Crippen LogP contribution in [0, 0.1) is 11.2 Å². The van der Waals surface area contributed by atoms with Crippen LogP contribution in [0.25, 0.3) is 0 Å². The third-order valence-electron chi connectivity index (χ3n) is 5.72. The van der Waals surface area contributed by atoms with Crippen LogP contribution in [-0.4, -0.2) is 48.0 Å². The Morgan fingerprint density at radius 1 is 1.20 bits per heavy atom. The standard InChI is InChI=1S/C20H22F4N4O2/c21-16-17(25-10-19(11-29)5-6-19)26-12-27-18(16)28-7-8-30-9-15(28)13-1-3-14(4-2-13)20(22,23)24/h1-4,12,15,29H,5-11H2,(H,25,26,27)/t15-/m1/s1. The molecule has 2 aromatic rings. The highest BCUT2D eigenvalue weighted by Gasteiger charge is 2.42. The maximum absolute atomic E-state index is 15.2. The average Bonchev–Trinajstić information content (AvgIpc) is 3.53. The highest BCUT2D eigenvalue weighted by atomic mass is 19.4. The van der Waals surface area contributed by atoms with Crippen molar-refractivity contribution >= 4 is 11.6 Å². The van der Waals surface area contributed by atoms with Gasteiger partial charge < -0.3 is 20.1 Å². The van der Waals surface area contributed by atoms with Crippen LogP contribution >= 0.6 is 0 Å². The molecule has 1 saturated heterocycles. The highest BCUT2D eigenvalue weighted by molar-refractivity contribution is 5.53. The first-order chi connectivity index (χ1) is 14.3. The molecule has 10 heteroatoms. The number of rotatable bonds is 6. The minimum absolute atomic E-state index is 0.0268. The van der Waals surface area contributed by atoms with Gasteiger partial charge >= 0.3 is 6.18 Å². The number of hydrogen-bond donors (Lipinski definition) is 2. The van der Waals surface area contributed by atoms with Crippen molar-refractivity contribution in [2.24, 2.45) is 5.41 Å². The van der Waals surface area contributed by atoms with E-state index in [1.165, 1.54) is 18.5 Å². The zero-order valence-electron chi connectivity index (χ0n) is 16.1. The van der Waals surface area contributed by atoms with Crippen LogP contribution in [0.2, 0.25) is 0 Å². The van der Waals surface area contributed by atoms with Crippen molar-refractivity contribution in [3.05, 3.63) is 47.5 Å². The number of hydrogen-bond acceptors (Lipinski definition) is 6. The lowest BCUT2D eigenvalue weighted by Crippen LogP contribution is -2.40. The van der Waals surface area contributed by atoms with Crippen LogP contribution in [0.1, 0.15) is 30.0 Å². The minimum atomic E-state index is -4.42. The van der Waals surface area contributed by atoms with Crippen LogP contribution in [0.4, 0.5) is 29.2 Å². The van der Waals surface area contributed by atoms with Crippen LogP contribution < -0.4 is 10.2 Å². The molecule has 162 valence electrons. The summed E-state index contributed by atoms with van der Waals surface area (Å²) < 4.78 is 59.3. The number of halogens is 4. The maximum Gasteiger partial charge on any atom is 0.416 e. The van der Waals surface area contributed by atoms with Gasteiger partial charge in [-0.05, 0) is 30.5 Å². The van der Waals surface area contributed by atoms with Gasteiger partial charge in [0.15, 0.2) is 11.6 Å². The number of aliphatic hydroxyl groups is 1. The van der Waals surface area contributed by atoms with Crippen molar-refractivity contribution in [3.63, 3.8) is 0 Å². The molecular weight excluding hydrogens is 404 g/mol. The molecule has 30 heavy (non-hydrogen) atoms. The molecule has 0 bridgehead atoms. The number of alkyl halides is 3. The van der Waals surface area contributed by atoms with Crippen molar-refractivity contribution < 1.29 is 27.4 Å². The van der Waals surface area contributed by atoms with E-state index < -0.39 is 23.6 Å². The molecule has 6 nitrogen and oxygen atoms in total. The molecule has 4 rings (SSSR count). The van der Waals surface area contributed by atoms with Crippen molar-refractivity contribution in [1.29, 1.82) is 0 Å². The summed E-state index contributed by atoms with van der Waals surface area (Å²) in [6.07, 6.45) is -1.43. The maximum atomic E-state index is 15.2. The van der Waals surface area contributed by atoms with Gasteiger partial charge in [-0.25, -0.2) is 9.97 Å². The first-order valence-corrected chi connectivity index (χ1v) is 9.70. The van der Waals surface area contributed by atoms with Gasteiger partial charge in [0.2, 0.25) is 5.82 Å². The molecule has 2 fully saturated rings. The third kappa shape index (κ3) is 4.20. The quantitative estimate of drug-likeness (QED) is 0.690. The number of nitrogens with one attached hydrogen (secondary N) is 1. The van der Waals surface area contributed by atoms with Gasteiger partial charge in [0.1, 0.15) is 6.33 Å². The fourth-order valence-electron chi connectivity index (χ4n) is 3.55. The molecular formula is C20H22F4N4O2. The van der Waals surface area contributed by atoms with E-state index in [4.69, 9.17) is 4.74 Å². The Bertz CT molecular complexity index is 887. The number of anilines is 2. The Balaban J connectivity index is 1.57. The van der Waals surface area contributed by atoms with Crippen molar-refractivity contribution in [3.8, 4) is 0 Å². The molecule has 2 heterocycles. The number of aliphatic hydroxyl groups excluding tert-OH is 1. The van der Waals surface area contributed by atoms with E-state index >= 15 is 4.39 Å². The molecule has 0 unspecified atom stereocenters. The molecule has 1 aliphatic carbocycles. The molecule has 0 radical (unpaired) electrons. The summed E-state index contributed by atoms with van der Waals surface area (Å²) >= 11 is 0. The van der Waals surface area contributed by atoms with Gasteiger partial charge in [-0.2, -0.15) is 17.6 Å². The summed E-state index contributed by atoms with van der Waals surface area (Å²) in [6.45, 7) is 1.31. The van der Waals surface area contributed by atoms with Gasteiger partial charge in [-0.3, -0.25) is 0 Å². The predicted octanol–water partition coefficient (Wildman–Crippen LogP) is 3.40. The molecule has 1 aromatic carbocycles. The Morgan fingerprint density at radius 3 is 2.57 bits per heavy atom. The van der Waals surface area contributed by atoms with Gasteiger partial charge in [-0.15, -0.1) is 0 Å². The summed E-state index contributed by atoms with van der Waals surface area (Å²) in [4.78, 5) is 9.75. The van der Waals surface area contributed by atoms with Gasteiger partial charge in [0.05, 0.1) is 31.4 Å². The summed E-state index contributed by atoms with van der Waals surface area (Å²) in [5.41, 5.74) is -0.390. The van der Waals surface area contributed by atoms with E-state index in [1.54, 1.807) is 4.90 Å². The van der Waals surface area contributed by atoms with Gasteiger partial charge in [0.25, 0.3) is 0 Å². The van der Waals surface area contributed by atoms with Crippen LogP contribution in [0.3, 0.4) is 0 Å². The van der Waals surface area contributed by atoms with Crippen LogP contribution in [-0.2, 0) is 10.9 Å². The minimum Gasteiger partial charge on any atom is -0.396 e. The smallest absolute Gasteiger partial charge is 0.396 e. The molecule has 2 N–H and O–H groups in total. The monoisotopic (exact) mass is 426 g/mol. The fraction of sp³-hybridized carbons (Fsp3) is 0.500. The molecule has 1 aromatic heterocycles. The second-order valence-electron chi connectivity index (χ2n) is 7.78. The first-order valence-electron chi connectivity index (χ1n) is 9.70. The Morgan fingerprint density at radius 2 is 1.93 bits per heavy atom. The molecule has 1 atom stereocenters. The normalized spacial score (nSPS) is 20.8. The van der Waals surface area contributed by atoms with Gasteiger partial charge in [-0.1, -0.05) is 12.1 Å². The second kappa shape index (κ2) is 7.99. The first kappa shape index (κ1) is 20.8. The second-order valence-corrected chi connectivity index (χ2v) is 7.78. The SMILES string of the molecule is OCC1(CNc2ncnc(N3CCOC[C@@H]3c3ccc(C(F)(F)F)cc3)c2F)CC1. The van der Waals surface area contributed by atoms with E-state index in [-0.39, 0.29) is 30.3 Å². The molecule has 2 aliphatic rings.